The van der Waals surface area contributed by atoms with E-state index in [-0.39, 0.29) is 6.10 Å². The van der Waals surface area contributed by atoms with E-state index in [0.29, 0.717) is 18.3 Å². The lowest BCUT2D eigenvalue weighted by Gasteiger charge is -2.11. The Morgan fingerprint density at radius 2 is 1.81 bits per heavy atom. The summed E-state index contributed by atoms with van der Waals surface area (Å²) in [5, 5.41) is 14.4. The van der Waals surface area contributed by atoms with E-state index < -0.39 is 0 Å². The average molecular weight is 365 g/mol. The topological polar surface area (TPSA) is 81.2 Å². The molecule has 0 radical (unpaired) electrons. The Morgan fingerprint density at radius 1 is 1.04 bits per heavy atom. The molecule has 3 aromatic rings. The van der Waals surface area contributed by atoms with Crippen LogP contribution in [0.25, 0.3) is 0 Å². The molecular formula is C20H23N5O2. The first kappa shape index (κ1) is 18.4. The number of para-hydroxylation sites is 1. The van der Waals surface area contributed by atoms with Crippen molar-refractivity contribution in [1.82, 2.24) is 15.2 Å². The van der Waals surface area contributed by atoms with Gasteiger partial charge >= 0.3 is 0 Å². The van der Waals surface area contributed by atoms with E-state index in [1.54, 1.807) is 13.3 Å². The van der Waals surface area contributed by atoms with E-state index in [9.17, 15) is 0 Å². The van der Waals surface area contributed by atoms with Crippen LogP contribution >= 0.6 is 0 Å². The lowest BCUT2D eigenvalue weighted by molar-refractivity contribution is 0.242. The summed E-state index contributed by atoms with van der Waals surface area (Å²) in [6.45, 7) is 4.53. The molecule has 2 N–H and O–H groups in total. The molecule has 3 rings (SSSR count). The van der Waals surface area contributed by atoms with Gasteiger partial charge in [0.1, 0.15) is 11.5 Å². The smallest absolute Gasteiger partial charge is 0.244 e. The predicted octanol–water partition coefficient (Wildman–Crippen LogP) is 4.02. The molecule has 1 heterocycles. The van der Waals surface area contributed by atoms with Gasteiger partial charge in [-0.2, -0.15) is 10.1 Å². The van der Waals surface area contributed by atoms with Crippen molar-refractivity contribution in [2.45, 2.75) is 26.5 Å². The quantitative estimate of drug-likeness (QED) is 0.624. The van der Waals surface area contributed by atoms with Gasteiger partial charge in [0.15, 0.2) is 5.82 Å². The molecule has 0 atom stereocenters. The third-order valence-corrected chi connectivity index (χ3v) is 3.69. The van der Waals surface area contributed by atoms with Gasteiger partial charge in [0.2, 0.25) is 5.95 Å². The number of hydrogen-bond donors (Lipinski definition) is 2. The molecule has 0 saturated carbocycles. The van der Waals surface area contributed by atoms with Gasteiger partial charge in [-0.05, 0) is 44.2 Å². The van der Waals surface area contributed by atoms with Crippen molar-refractivity contribution in [2.75, 3.05) is 17.7 Å². The molecule has 0 amide bonds. The fourth-order valence-corrected chi connectivity index (χ4v) is 2.50. The normalized spacial score (nSPS) is 10.5. The molecule has 0 aliphatic heterocycles. The predicted molar refractivity (Wildman–Crippen MR) is 106 cm³/mol. The molecule has 27 heavy (non-hydrogen) atoms. The number of nitrogens with one attached hydrogen (secondary N) is 2. The molecule has 0 fully saturated rings. The van der Waals surface area contributed by atoms with E-state index >= 15 is 0 Å². The molecule has 0 unspecified atom stereocenters. The zero-order valence-electron chi connectivity index (χ0n) is 15.6. The zero-order chi connectivity index (χ0) is 19.1. The minimum atomic E-state index is 0.145. The van der Waals surface area contributed by atoms with Crippen LogP contribution in [0.5, 0.6) is 11.5 Å². The third-order valence-electron chi connectivity index (χ3n) is 3.69. The molecule has 0 saturated heterocycles. The Kier molecular flexibility index (Phi) is 6.04. The van der Waals surface area contributed by atoms with Crippen molar-refractivity contribution in [3.8, 4) is 11.5 Å². The van der Waals surface area contributed by atoms with Gasteiger partial charge in [-0.15, -0.1) is 5.10 Å². The van der Waals surface area contributed by atoms with Crippen LogP contribution in [0.15, 0.2) is 54.7 Å². The second-order valence-electron chi connectivity index (χ2n) is 6.15. The SMILES string of the molecule is COc1ccccc1CNc1nncc(Nc2ccc(OC(C)C)cc2)n1. The monoisotopic (exact) mass is 365 g/mol. The van der Waals surface area contributed by atoms with Crippen LogP contribution in [0, 0.1) is 0 Å². The van der Waals surface area contributed by atoms with Crippen LogP contribution in [-0.4, -0.2) is 28.4 Å². The third kappa shape index (κ3) is 5.31. The molecule has 0 spiro atoms. The standard InChI is InChI=1S/C20H23N5O2/c1-14(2)27-17-10-8-16(9-11-17)23-19-13-22-25-20(24-19)21-12-15-6-4-5-7-18(15)26-3/h4-11,13-14H,12H2,1-3H3,(H2,21,23,24,25). The second-order valence-corrected chi connectivity index (χ2v) is 6.15. The molecule has 0 aliphatic carbocycles. The van der Waals surface area contributed by atoms with Crippen molar-refractivity contribution in [3.05, 3.63) is 60.3 Å². The minimum absolute atomic E-state index is 0.145. The summed E-state index contributed by atoms with van der Waals surface area (Å²) in [5.74, 6) is 2.68. The lowest BCUT2D eigenvalue weighted by atomic mass is 10.2. The van der Waals surface area contributed by atoms with Crippen LogP contribution < -0.4 is 20.1 Å². The maximum atomic E-state index is 5.65. The molecule has 0 bridgehead atoms. The van der Waals surface area contributed by atoms with Gasteiger partial charge in [-0.25, -0.2) is 0 Å². The van der Waals surface area contributed by atoms with E-state index in [0.717, 1.165) is 22.7 Å². The number of aromatic nitrogens is 3. The van der Waals surface area contributed by atoms with Crippen LogP contribution in [-0.2, 0) is 6.54 Å². The lowest BCUT2D eigenvalue weighted by Crippen LogP contribution is -2.07. The van der Waals surface area contributed by atoms with Crippen LogP contribution in [0.1, 0.15) is 19.4 Å². The number of ether oxygens (including phenoxy) is 2. The maximum absolute atomic E-state index is 5.65. The summed E-state index contributed by atoms with van der Waals surface area (Å²) in [6, 6.07) is 15.5. The Balaban J connectivity index is 1.63. The second kappa shape index (κ2) is 8.84. The van der Waals surface area contributed by atoms with Crippen molar-refractivity contribution < 1.29 is 9.47 Å². The summed E-state index contributed by atoms with van der Waals surface area (Å²) in [7, 11) is 1.65. The highest BCUT2D eigenvalue weighted by molar-refractivity contribution is 5.57. The van der Waals surface area contributed by atoms with Crippen LogP contribution in [0.2, 0.25) is 0 Å². The number of hydrogen-bond acceptors (Lipinski definition) is 7. The highest BCUT2D eigenvalue weighted by Crippen LogP contribution is 2.21. The van der Waals surface area contributed by atoms with Gasteiger partial charge in [0.25, 0.3) is 0 Å². The van der Waals surface area contributed by atoms with Crippen molar-refractivity contribution in [1.29, 1.82) is 0 Å². The molecule has 1 aromatic heterocycles. The number of rotatable bonds is 8. The van der Waals surface area contributed by atoms with Crippen molar-refractivity contribution in [2.24, 2.45) is 0 Å². The molecule has 7 nitrogen and oxygen atoms in total. The Labute approximate surface area is 158 Å². The van der Waals surface area contributed by atoms with Gasteiger partial charge in [0.05, 0.1) is 19.4 Å². The van der Waals surface area contributed by atoms with Crippen molar-refractivity contribution in [3.63, 3.8) is 0 Å². The van der Waals surface area contributed by atoms with Crippen LogP contribution in [0.4, 0.5) is 17.5 Å². The van der Waals surface area contributed by atoms with Gasteiger partial charge in [-0.1, -0.05) is 18.2 Å². The van der Waals surface area contributed by atoms with E-state index in [1.165, 1.54) is 0 Å². The largest absolute Gasteiger partial charge is 0.496 e. The summed E-state index contributed by atoms with van der Waals surface area (Å²) in [5.41, 5.74) is 1.91. The minimum Gasteiger partial charge on any atom is -0.496 e. The zero-order valence-corrected chi connectivity index (χ0v) is 15.6. The van der Waals surface area contributed by atoms with E-state index in [4.69, 9.17) is 9.47 Å². The van der Waals surface area contributed by atoms with Gasteiger partial charge < -0.3 is 20.1 Å². The Hall–Kier alpha value is -3.35. The summed E-state index contributed by atoms with van der Waals surface area (Å²) >= 11 is 0. The summed E-state index contributed by atoms with van der Waals surface area (Å²) < 4.78 is 11.0. The maximum Gasteiger partial charge on any atom is 0.244 e. The number of anilines is 3. The number of methoxy groups -OCH3 is 1. The summed E-state index contributed by atoms with van der Waals surface area (Å²) in [4.78, 5) is 4.44. The van der Waals surface area contributed by atoms with Gasteiger partial charge in [0, 0.05) is 17.8 Å². The highest BCUT2D eigenvalue weighted by atomic mass is 16.5. The molecule has 2 aromatic carbocycles. The Bertz CT molecular complexity index is 868. The first-order chi connectivity index (χ1) is 13.1. The number of nitrogens with zero attached hydrogens (tertiary/aromatic N) is 3. The van der Waals surface area contributed by atoms with Crippen LogP contribution in [0.3, 0.4) is 0 Å². The van der Waals surface area contributed by atoms with Crippen molar-refractivity contribution >= 4 is 17.5 Å². The van der Waals surface area contributed by atoms with E-state index in [2.05, 4.69) is 25.8 Å². The molecule has 7 heteroatoms. The number of benzene rings is 2. The summed E-state index contributed by atoms with van der Waals surface area (Å²) in [6.07, 6.45) is 1.72. The fourth-order valence-electron chi connectivity index (χ4n) is 2.50. The average Bonchev–Trinajstić information content (AvgIpc) is 2.68. The molecule has 0 aliphatic rings. The molecule has 140 valence electrons. The van der Waals surface area contributed by atoms with Gasteiger partial charge in [-0.3, -0.25) is 0 Å². The first-order valence-corrected chi connectivity index (χ1v) is 8.73. The molecular weight excluding hydrogens is 342 g/mol. The Morgan fingerprint density at radius 3 is 2.56 bits per heavy atom. The fraction of sp³-hybridized carbons (Fsp3) is 0.250. The first-order valence-electron chi connectivity index (χ1n) is 8.73. The van der Waals surface area contributed by atoms with E-state index in [1.807, 2.05) is 62.4 Å². The highest BCUT2D eigenvalue weighted by Gasteiger charge is 2.05.